The summed E-state index contributed by atoms with van der Waals surface area (Å²) < 4.78 is 102. The van der Waals surface area contributed by atoms with Crippen molar-refractivity contribution < 1.29 is 19.5 Å². The van der Waals surface area contributed by atoms with E-state index in [4.69, 9.17) is 18.1 Å². The molecule has 0 fully saturated rings. The van der Waals surface area contributed by atoms with Crippen molar-refractivity contribution in [3.05, 3.63) is 170 Å². The van der Waals surface area contributed by atoms with Crippen molar-refractivity contribution in [2.45, 2.75) is 0 Å². The molecular weight excluding hydrogens is 544 g/mol. The largest absolute Gasteiger partial charge is 0.455 e. The van der Waals surface area contributed by atoms with Crippen molar-refractivity contribution in [3.63, 3.8) is 0 Å². The predicted octanol–water partition coefficient (Wildman–Crippen LogP) is 12.6. The Hall–Kier alpha value is -5.92. The van der Waals surface area contributed by atoms with Gasteiger partial charge in [-0.3, -0.25) is 0 Å². The van der Waals surface area contributed by atoms with Gasteiger partial charge < -0.3 is 4.42 Å². The van der Waals surface area contributed by atoms with Crippen LogP contribution >= 0.6 is 0 Å². The summed E-state index contributed by atoms with van der Waals surface area (Å²) in [6, 6.07) is 28.0. The highest BCUT2D eigenvalue weighted by atomic mass is 16.3. The van der Waals surface area contributed by atoms with Crippen molar-refractivity contribution in [3.8, 4) is 44.5 Å². The fraction of sp³-hybridized carbons (Fsp3) is 0. The average molecular weight is 584 g/mol. The zero-order chi connectivity index (χ0) is 39.3. The molecule has 9 rings (SSSR count). The molecule has 1 nitrogen and oxygen atoms in total. The van der Waals surface area contributed by atoms with Gasteiger partial charge in [-0.1, -0.05) is 164 Å². The molecule has 0 atom stereocenters. The van der Waals surface area contributed by atoms with E-state index in [1.165, 1.54) is 0 Å². The van der Waals surface area contributed by atoms with E-state index in [2.05, 4.69) is 36.4 Å². The molecule has 45 heavy (non-hydrogen) atoms. The maximum Gasteiger partial charge on any atom is 0.143 e. The second kappa shape index (κ2) is 10.4. The van der Waals surface area contributed by atoms with Crippen LogP contribution in [-0.2, 0) is 0 Å². The van der Waals surface area contributed by atoms with Gasteiger partial charge in [-0.2, -0.15) is 0 Å². The summed E-state index contributed by atoms with van der Waals surface area (Å²) in [5, 5.41) is 3.93. The molecule has 0 bridgehead atoms. The normalized spacial score (nSPS) is 15.0. The van der Waals surface area contributed by atoms with E-state index in [0.717, 1.165) is 43.8 Å². The Morgan fingerprint density at radius 3 is 1.44 bits per heavy atom. The van der Waals surface area contributed by atoms with E-state index < -0.39 is 60.4 Å². The number of hydrogen-bond acceptors (Lipinski definition) is 1. The van der Waals surface area contributed by atoms with Crippen LogP contribution < -0.4 is 0 Å². The van der Waals surface area contributed by atoms with Gasteiger partial charge in [-0.25, -0.2) is 0 Å². The van der Waals surface area contributed by atoms with Crippen LogP contribution in [0, 0.1) is 0 Å². The summed E-state index contributed by atoms with van der Waals surface area (Å²) >= 11 is 0. The minimum atomic E-state index is -0.649. The summed E-state index contributed by atoms with van der Waals surface area (Å²) in [6.07, 6.45) is 0. The molecular formula is C44H28O. The molecule has 0 unspecified atom stereocenters. The van der Waals surface area contributed by atoms with Crippen LogP contribution in [0.1, 0.15) is 15.1 Å². The third-order valence-electron chi connectivity index (χ3n) is 8.30. The van der Waals surface area contributed by atoms with Crippen molar-refractivity contribution in [1.82, 2.24) is 0 Å². The Morgan fingerprint density at radius 2 is 0.844 bits per heavy atom. The first-order valence-corrected chi connectivity index (χ1v) is 14.5. The Kier molecular flexibility index (Phi) is 3.87. The average Bonchev–Trinajstić information content (AvgIpc) is 3.61. The lowest BCUT2D eigenvalue weighted by molar-refractivity contribution is 0.671. The second-order valence-corrected chi connectivity index (χ2v) is 10.8. The maximum absolute atomic E-state index is 9.18. The van der Waals surface area contributed by atoms with Gasteiger partial charge in [0.2, 0.25) is 0 Å². The highest BCUT2D eigenvalue weighted by Crippen LogP contribution is 2.45. The standard InChI is InChI=1S/C44H28O/c1-3-14-29(15-4-1)33-24-12-26-39-40-27-13-25-34(44(40)45-43(33)39)31-18-11-19-32(28-31)42-37-22-9-7-20-35(37)41(30-16-5-2-6-17-30)36-21-8-10-23-38(36)42/h1-28H/i1D,3D,4D,12D,13D,14D,15D,24D,25D,26D,27D. The summed E-state index contributed by atoms with van der Waals surface area (Å²) in [5.41, 5.74) is 3.56. The van der Waals surface area contributed by atoms with Crippen LogP contribution in [-0.4, -0.2) is 0 Å². The zero-order valence-corrected chi connectivity index (χ0v) is 23.7. The smallest absolute Gasteiger partial charge is 0.143 e. The molecule has 0 amide bonds. The van der Waals surface area contributed by atoms with Gasteiger partial charge in [0, 0.05) is 21.9 Å². The van der Waals surface area contributed by atoms with Crippen LogP contribution in [0.3, 0.4) is 0 Å². The third-order valence-corrected chi connectivity index (χ3v) is 8.30. The topological polar surface area (TPSA) is 13.1 Å². The lowest BCUT2D eigenvalue weighted by Gasteiger charge is -2.18. The van der Waals surface area contributed by atoms with Gasteiger partial charge in [0.1, 0.15) is 11.2 Å². The first kappa shape index (κ1) is 16.8. The van der Waals surface area contributed by atoms with E-state index in [-0.39, 0.29) is 44.7 Å². The van der Waals surface area contributed by atoms with E-state index in [1.54, 1.807) is 6.07 Å². The monoisotopic (exact) mass is 583 g/mol. The SMILES string of the molecule is [2H]c1c([2H])c([2H])c(-c2c([2H])c([2H])c([2H])c3c2oc2c(-c4cccc(-c5c6ccccc6c(-c6ccccc6)c6ccccc56)c4)c([2H])c([2H])c([2H])c23)c([2H])c1[2H]. The number of fused-ring (bicyclic) bond motifs is 5. The molecule has 0 aliphatic carbocycles. The Labute approximate surface area is 277 Å². The van der Waals surface area contributed by atoms with Crippen LogP contribution in [0.2, 0.25) is 0 Å². The van der Waals surface area contributed by atoms with E-state index >= 15 is 0 Å². The van der Waals surface area contributed by atoms with Gasteiger partial charge >= 0.3 is 0 Å². The molecule has 0 spiro atoms. The molecule has 0 aliphatic heterocycles. The van der Waals surface area contributed by atoms with E-state index in [0.29, 0.717) is 5.56 Å². The summed E-state index contributed by atoms with van der Waals surface area (Å²) in [6.45, 7) is 0. The molecule has 1 aromatic heterocycles. The first-order valence-electron chi connectivity index (χ1n) is 20.0. The number of rotatable bonds is 4. The lowest BCUT2D eigenvalue weighted by atomic mass is 9.85. The summed E-state index contributed by atoms with van der Waals surface area (Å²) in [4.78, 5) is 0. The van der Waals surface area contributed by atoms with Crippen LogP contribution in [0.25, 0.3) is 88.0 Å². The summed E-state index contributed by atoms with van der Waals surface area (Å²) in [5.74, 6) is 0. The van der Waals surface area contributed by atoms with Gasteiger partial charge in [0.25, 0.3) is 0 Å². The molecule has 0 radical (unpaired) electrons. The van der Waals surface area contributed by atoms with Crippen molar-refractivity contribution in [2.24, 2.45) is 0 Å². The molecule has 0 saturated heterocycles. The first-order chi connectivity index (χ1) is 26.9. The van der Waals surface area contributed by atoms with Crippen LogP contribution in [0.4, 0.5) is 0 Å². The quantitative estimate of drug-likeness (QED) is 0.188. The number of furan rings is 1. The van der Waals surface area contributed by atoms with E-state index in [9.17, 15) is 1.37 Å². The van der Waals surface area contributed by atoms with Crippen molar-refractivity contribution >= 4 is 43.5 Å². The highest BCUT2D eigenvalue weighted by molar-refractivity contribution is 6.21. The minimum absolute atomic E-state index is 0.0448. The predicted molar refractivity (Wildman–Crippen MR) is 190 cm³/mol. The molecule has 0 saturated carbocycles. The Morgan fingerprint density at radius 1 is 0.356 bits per heavy atom. The highest BCUT2D eigenvalue weighted by Gasteiger charge is 2.18. The molecule has 1 heteroatoms. The molecule has 0 aliphatic rings. The van der Waals surface area contributed by atoms with Gasteiger partial charge in [-0.05, 0) is 61.0 Å². The number of para-hydroxylation sites is 2. The minimum Gasteiger partial charge on any atom is -0.455 e. The second-order valence-electron chi connectivity index (χ2n) is 10.8. The molecule has 1 heterocycles. The van der Waals surface area contributed by atoms with Gasteiger partial charge in [0.05, 0.1) is 15.1 Å². The summed E-state index contributed by atoms with van der Waals surface area (Å²) in [7, 11) is 0. The number of benzene rings is 8. The van der Waals surface area contributed by atoms with Crippen molar-refractivity contribution in [2.75, 3.05) is 0 Å². The van der Waals surface area contributed by atoms with Gasteiger partial charge in [-0.15, -0.1) is 0 Å². The van der Waals surface area contributed by atoms with E-state index in [1.807, 2.05) is 60.7 Å². The van der Waals surface area contributed by atoms with Crippen LogP contribution in [0.15, 0.2) is 174 Å². The van der Waals surface area contributed by atoms with Crippen molar-refractivity contribution in [1.29, 1.82) is 0 Å². The van der Waals surface area contributed by atoms with Crippen LogP contribution in [0.5, 0.6) is 0 Å². The fourth-order valence-corrected chi connectivity index (χ4v) is 6.39. The zero-order valence-electron chi connectivity index (χ0n) is 34.7. The lowest BCUT2D eigenvalue weighted by Crippen LogP contribution is -1.91. The molecule has 8 aromatic carbocycles. The fourth-order valence-electron chi connectivity index (χ4n) is 6.39. The Balaban J connectivity index is 1.37. The molecule has 9 aromatic rings. The molecule has 210 valence electrons. The Bertz CT molecular complexity index is 3070. The number of hydrogen-bond donors (Lipinski definition) is 0. The third kappa shape index (κ3) is 4.09. The van der Waals surface area contributed by atoms with Gasteiger partial charge in [0.15, 0.2) is 0 Å². The molecule has 0 N–H and O–H groups in total. The maximum atomic E-state index is 9.18.